The zero-order valence-electron chi connectivity index (χ0n) is 15.6. The van der Waals surface area contributed by atoms with Crippen molar-refractivity contribution in [3.63, 3.8) is 0 Å². The highest BCUT2D eigenvalue weighted by Crippen LogP contribution is 2.42. The molecule has 0 radical (unpaired) electrons. The fourth-order valence-corrected chi connectivity index (χ4v) is 5.11. The fraction of sp³-hybridized carbons (Fsp3) is 0.700. The van der Waals surface area contributed by atoms with Crippen LogP contribution in [-0.4, -0.2) is 41.9 Å². The van der Waals surface area contributed by atoms with Crippen molar-refractivity contribution in [1.29, 1.82) is 0 Å². The smallest absolute Gasteiger partial charge is 0.289 e. The molecule has 1 aliphatic heterocycles. The molecule has 0 spiro atoms. The van der Waals surface area contributed by atoms with Crippen LogP contribution in [0.25, 0.3) is 0 Å². The van der Waals surface area contributed by atoms with Crippen LogP contribution in [0.2, 0.25) is 0 Å². The molecule has 2 saturated carbocycles. The van der Waals surface area contributed by atoms with Gasteiger partial charge >= 0.3 is 0 Å². The van der Waals surface area contributed by atoms with E-state index >= 15 is 0 Å². The summed E-state index contributed by atoms with van der Waals surface area (Å²) in [5, 5.41) is 3.25. The lowest BCUT2D eigenvalue weighted by Crippen LogP contribution is -2.52. The summed E-state index contributed by atoms with van der Waals surface area (Å²) in [5.41, 5.74) is 6.34. The van der Waals surface area contributed by atoms with E-state index < -0.39 is 0 Å². The lowest BCUT2D eigenvalue weighted by Gasteiger charge is -2.44. The van der Waals surface area contributed by atoms with Gasteiger partial charge < -0.3 is 20.4 Å². The number of rotatable bonds is 3. The molecule has 1 aromatic heterocycles. The highest BCUT2D eigenvalue weighted by Gasteiger charge is 2.41. The Labute approximate surface area is 166 Å². The van der Waals surface area contributed by atoms with Gasteiger partial charge in [0.1, 0.15) is 0 Å². The first-order valence-electron chi connectivity index (χ1n) is 10.0. The standard InChI is InChI=1S/C20H29N3O3.ClH/c21-18-13-3-1-4-14(18)12-15(11-13)19(24)22-16-6-8-23(9-7-16)20(25)17-5-2-10-26-17;/h2,5,10,13-16,18H,1,3-4,6-9,11-12,21H2,(H,22,24);1H. The van der Waals surface area contributed by atoms with Gasteiger partial charge in [-0.1, -0.05) is 6.42 Å². The molecule has 2 amide bonds. The number of carbonyl (C=O) groups excluding carboxylic acids is 2. The Kier molecular flexibility index (Phi) is 6.48. The van der Waals surface area contributed by atoms with Gasteiger partial charge in [-0.3, -0.25) is 9.59 Å². The van der Waals surface area contributed by atoms with Crippen molar-refractivity contribution in [3.05, 3.63) is 24.2 Å². The molecule has 3 N–H and O–H groups in total. The third kappa shape index (κ3) is 4.32. The zero-order chi connectivity index (χ0) is 18.1. The molecule has 2 atom stereocenters. The summed E-state index contributed by atoms with van der Waals surface area (Å²) in [6.45, 7) is 1.32. The Morgan fingerprint density at radius 2 is 1.78 bits per heavy atom. The summed E-state index contributed by atoms with van der Waals surface area (Å²) in [7, 11) is 0. The van der Waals surface area contributed by atoms with Gasteiger partial charge in [0.25, 0.3) is 5.91 Å². The summed E-state index contributed by atoms with van der Waals surface area (Å²) >= 11 is 0. The highest BCUT2D eigenvalue weighted by molar-refractivity contribution is 5.91. The molecule has 2 unspecified atom stereocenters. The van der Waals surface area contributed by atoms with Crippen molar-refractivity contribution in [3.8, 4) is 0 Å². The van der Waals surface area contributed by atoms with Gasteiger partial charge in [-0.05, 0) is 62.5 Å². The Balaban J connectivity index is 0.00000210. The van der Waals surface area contributed by atoms with Crippen LogP contribution >= 0.6 is 12.4 Å². The number of nitrogens with two attached hydrogens (primary N) is 1. The summed E-state index contributed by atoms with van der Waals surface area (Å²) in [5.74, 6) is 1.68. The molecule has 1 aromatic rings. The molecule has 3 fully saturated rings. The SMILES string of the molecule is Cl.NC1C2CCCC1CC(C(=O)NC1CCN(C(=O)c3ccco3)CC1)C2. The van der Waals surface area contributed by atoms with Crippen molar-refractivity contribution in [2.45, 2.75) is 57.0 Å². The van der Waals surface area contributed by atoms with E-state index in [1.165, 1.54) is 25.5 Å². The van der Waals surface area contributed by atoms with Crippen LogP contribution in [0.4, 0.5) is 0 Å². The van der Waals surface area contributed by atoms with Crippen molar-refractivity contribution in [1.82, 2.24) is 10.2 Å². The number of nitrogens with zero attached hydrogens (tertiary/aromatic N) is 1. The minimum atomic E-state index is -0.0612. The van der Waals surface area contributed by atoms with Crippen LogP contribution in [0.15, 0.2) is 22.8 Å². The van der Waals surface area contributed by atoms with E-state index in [4.69, 9.17) is 10.2 Å². The van der Waals surface area contributed by atoms with E-state index in [0.29, 0.717) is 36.7 Å². The van der Waals surface area contributed by atoms with Gasteiger partial charge in [0.05, 0.1) is 6.26 Å². The monoisotopic (exact) mass is 395 g/mol. The Hall–Kier alpha value is -1.53. The molecule has 6 nitrogen and oxygen atoms in total. The van der Waals surface area contributed by atoms with Crippen molar-refractivity contribution >= 4 is 24.2 Å². The number of nitrogens with one attached hydrogen (secondary N) is 1. The van der Waals surface area contributed by atoms with E-state index in [1.807, 2.05) is 4.90 Å². The van der Waals surface area contributed by atoms with Crippen LogP contribution in [0.5, 0.6) is 0 Å². The Morgan fingerprint density at radius 1 is 1.11 bits per heavy atom. The van der Waals surface area contributed by atoms with E-state index in [0.717, 1.165) is 25.7 Å². The quantitative estimate of drug-likeness (QED) is 0.823. The summed E-state index contributed by atoms with van der Waals surface area (Å²) < 4.78 is 5.19. The van der Waals surface area contributed by atoms with Gasteiger partial charge in [0, 0.05) is 31.1 Å². The van der Waals surface area contributed by atoms with E-state index in [1.54, 1.807) is 12.1 Å². The maximum atomic E-state index is 12.8. The second-order valence-corrected chi connectivity index (χ2v) is 8.25. The Bertz CT molecular complexity index is 629. The van der Waals surface area contributed by atoms with E-state index in [-0.39, 0.29) is 36.2 Å². The van der Waals surface area contributed by atoms with Gasteiger partial charge in [-0.15, -0.1) is 12.4 Å². The summed E-state index contributed by atoms with van der Waals surface area (Å²) in [6.07, 6.45) is 8.63. The van der Waals surface area contributed by atoms with Crippen molar-refractivity contribution in [2.75, 3.05) is 13.1 Å². The first kappa shape index (κ1) is 20.2. The summed E-state index contributed by atoms with van der Waals surface area (Å²) in [6, 6.07) is 3.88. The number of carbonyl (C=O) groups is 2. The van der Waals surface area contributed by atoms with Crippen molar-refractivity contribution in [2.24, 2.45) is 23.5 Å². The maximum absolute atomic E-state index is 12.8. The normalized spacial score (nSPS) is 31.1. The van der Waals surface area contributed by atoms with Gasteiger partial charge in [0.2, 0.25) is 5.91 Å². The largest absolute Gasteiger partial charge is 0.459 e. The number of hydrogen-bond acceptors (Lipinski definition) is 4. The van der Waals surface area contributed by atoms with Crippen LogP contribution in [0, 0.1) is 17.8 Å². The topological polar surface area (TPSA) is 88.6 Å². The number of piperidine rings is 1. The molecule has 7 heteroatoms. The van der Waals surface area contributed by atoms with Crippen LogP contribution in [0.3, 0.4) is 0 Å². The lowest BCUT2D eigenvalue weighted by atomic mass is 9.65. The average Bonchev–Trinajstić information content (AvgIpc) is 3.16. The van der Waals surface area contributed by atoms with Crippen molar-refractivity contribution < 1.29 is 14.0 Å². The van der Waals surface area contributed by atoms with Crippen LogP contribution in [-0.2, 0) is 4.79 Å². The number of likely N-dealkylation sites (tertiary alicyclic amines) is 1. The zero-order valence-corrected chi connectivity index (χ0v) is 16.5. The van der Waals surface area contributed by atoms with E-state index in [9.17, 15) is 9.59 Å². The molecule has 0 aromatic carbocycles. The molecular formula is C20H30ClN3O3. The lowest BCUT2D eigenvalue weighted by molar-refractivity contribution is -0.128. The predicted molar refractivity (Wildman–Crippen MR) is 105 cm³/mol. The summed E-state index contributed by atoms with van der Waals surface area (Å²) in [4.78, 5) is 26.9. The van der Waals surface area contributed by atoms with Crippen LogP contribution in [0.1, 0.15) is 55.5 Å². The van der Waals surface area contributed by atoms with Gasteiger partial charge in [0.15, 0.2) is 5.76 Å². The van der Waals surface area contributed by atoms with E-state index in [2.05, 4.69) is 5.32 Å². The second-order valence-electron chi connectivity index (χ2n) is 8.25. The number of hydrogen-bond donors (Lipinski definition) is 2. The molecule has 1 saturated heterocycles. The van der Waals surface area contributed by atoms with Gasteiger partial charge in [-0.25, -0.2) is 0 Å². The third-order valence-electron chi connectivity index (χ3n) is 6.64. The molecule has 3 aliphatic rings. The molecule has 4 rings (SSSR count). The number of amides is 2. The van der Waals surface area contributed by atoms with Crippen LogP contribution < -0.4 is 11.1 Å². The average molecular weight is 396 g/mol. The minimum absolute atomic E-state index is 0. The molecule has 2 aliphatic carbocycles. The number of furan rings is 1. The van der Waals surface area contributed by atoms with Gasteiger partial charge in [-0.2, -0.15) is 0 Å². The molecule has 27 heavy (non-hydrogen) atoms. The third-order valence-corrected chi connectivity index (χ3v) is 6.64. The first-order valence-corrected chi connectivity index (χ1v) is 10.0. The number of fused-ring (bicyclic) bond motifs is 2. The molecule has 150 valence electrons. The fourth-order valence-electron chi connectivity index (χ4n) is 5.11. The highest BCUT2D eigenvalue weighted by atomic mass is 35.5. The molecular weight excluding hydrogens is 366 g/mol. The number of halogens is 1. The molecule has 2 bridgehead atoms. The Morgan fingerprint density at radius 3 is 2.37 bits per heavy atom. The maximum Gasteiger partial charge on any atom is 0.289 e. The predicted octanol–water partition coefficient (Wildman–Crippen LogP) is 2.58. The first-order chi connectivity index (χ1) is 12.6. The minimum Gasteiger partial charge on any atom is -0.459 e. The second kappa shape index (κ2) is 8.65. The molecule has 2 heterocycles.